The predicted octanol–water partition coefficient (Wildman–Crippen LogP) is 0.123. The van der Waals surface area contributed by atoms with E-state index in [-0.39, 0.29) is 0 Å². The smallest absolute Gasteiger partial charge is 0.396 e. The van der Waals surface area contributed by atoms with E-state index in [1.54, 1.807) is 12.5 Å². The summed E-state index contributed by atoms with van der Waals surface area (Å²) in [7, 11) is 1.19. The van der Waals surface area contributed by atoms with Crippen LogP contribution in [0.2, 0.25) is 0 Å². The van der Waals surface area contributed by atoms with E-state index in [9.17, 15) is 9.59 Å². The van der Waals surface area contributed by atoms with Crippen LogP contribution in [-0.4, -0.2) is 35.1 Å². The van der Waals surface area contributed by atoms with Crippen molar-refractivity contribution in [3.63, 3.8) is 0 Å². The van der Waals surface area contributed by atoms with E-state index in [1.807, 2.05) is 6.20 Å². The number of ether oxygens (including phenoxy) is 1. The predicted molar refractivity (Wildman–Crippen MR) is 59.0 cm³/mol. The molecule has 92 valence electrons. The lowest BCUT2D eigenvalue weighted by molar-refractivity contribution is -0.152. The molecule has 1 aliphatic carbocycles. The van der Waals surface area contributed by atoms with Gasteiger partial charge < -0.3 is 14.6 Å². The van der Waals surface area contributed by atoms with E-state index < -0.39 is 11.9 Å². The van der Waals surface area contributed by atoms with Crippen LogP contribution in [0.4, 0.5) is 0 Å². The van der Waals surface area contributed by atoms with E-state index >= 15 is 0 Å². The first-order chi connectivity index (χ1) is 8.20. The van der Waals surface area contributed by atoms with Crippen molar-refractivity contribution in [3.05, 3.63) is 18.7 Å². The molecule has 2 rings (SSSR count). The van der Waals surface area contributed by atoms with E-state index in [4.69, 9.17) is 0 Å². The molecule has 1 saturated carbocycles. The number of carbonyl (C=O) groups is 2. The molecule has 0 bridgehead atoms. The SMILES string of the molecule is COC(=O)C(=O)NCC1CC(n2ccnc2)C1. The second-order valence-electron chi connectivity index (χ2n) is 4.20. The molecule has 0 unspecified atom stereocenters. The molecule has 0 aromatic carbocycles. The molecule has 1 aliphatic rings. The minimum absolute atomic E-state index is 0.427. The fraction of sp³-hybridized carbons (Fsp3) is 0.545. The van der Waals surface area contributed by atoms with Crippen molar-refractivity contribution in [1.82, 2.24) is 14.9 Å². The van der Waals surface area contributed by atoms with Crippen molar-refractivity contribution in [2.24, 2.45) is 5.92 Å². The van der Waals surface area contributed by atoms with Gasteiger partial charge in [0.05, 0.1) is 13.4 Å². The van der Waals surface area contributed by atoms with Crippen LogP contribution < -0.4 is 5.32 Å². The summed E-state index contributed by atoms with van der Waals surface area (Å²) in [5.74, 6) is -1.08. The van der Waals surface area contributed by atoms with Gasteiger partial charge in [0.25, 0.3) is 0 Å². The number of methoxy groups -OCH3 is 1. The van der Waals surface area contributed by atoms with Crippen LogP contribution in [0.25, 0.3) is 0 Å². The Labute approximate surface area is 99.0 Å². The summed E-state index contributed by atoms with van der Waals surface area (Å²) < 4.78 is 6.38. The Balaban J connectivity index is 1.68. The van der Waals surface area contributed by atoms with Gasteiger partial charge >= 0.3 is 11.9 Å². The lowest BCUT2D eigenvalue weighted by Gasteiger charge is -2.36. The Bertz CT molecular complexity index is 396. The molecule has 1 aromatic heterocycles. The van der Waals surface area contributed by atoms with Crippen LogP contribution in [0.15, 0.2) is 18.7 Å². The first kappa shape index (κ1) is 11.6. The molecule has 6 heteroatoms. The summed E-state index contributed by atoms with van der Waals surface area (Å²) in [4.78, 5) is 26.0. The van der Waals surface area contributed by atoms with Crippen LogP contribution in [0.5, 0.6) is 0 Å². The minimum Gasteiger partial charge on any atom is -0.462 e. The molecule has 1 aromatic rings. The normalized spacial score (nSPS) is 22.6. The summed E-state index contributed by atoms with van der Waals surface area (Å²) in [5, 5.41) is 2.56. The second kappa shape index (κ2) is 4.99. The maximum absolute atomic E-state index is 11.1. The quantitative estimate of drug-likeness (QED) is 0.598. The molecule has 0 radical (unpaired) electrons. The molecule has 1 heterocycles. The topological polar surface area (TPSA) is 73.2 Å². The number of hydrogen-bond acceptors (Lipinski definition) is 4. The number of aromatic nitrogens is 2. The summed E-state index contributed by atoms with van der Waals surface area (Å²) in [6, 6.07) is 0.470. The maximum atomic E-state index is 11.1. The number of rotatable bonds is 3. The average molecular weight is 237 g/mol. The van der Waals surface area contributed by atoms with Crippen molar-refractivity contribution < 1.29 is 14.3 Å². The van der Waals surface area contributed by atoms with Gasteiger partial charge in [-0.15, -0.1) is 0 Å². The zero-order valence-electron chi connectivity index (χ0n) is 9.63. The largest absolute Gasteiger partial charge is 0.462 e. The van der Waals surface area contributed by atoms with Gasteiger partial charge in [-0.1, -0.05) is 0 Å². The number of imidazole rings is 1. The van der Waals surface area contributed by atoms with Crippen LogP contribution in [0, 0.1) is 5.92 Å². The van der Waals surface area contributed by atoms with Gasteiger partial charge in [0.1, 0.15) is 0 Å². The van der Waals surface area contributed by atoms with Crippen molar-refractivity contribution in [2.45, 2.75) is 18.9 Å². The highest BCUT2D eigenvalue weighted by atomic mass is 16.5. The van der Waals surface area contributed by atoms with E-state index in [0.29, 0.717) is 18.5 Å². The molecule has 0 saturated heterocycles. The van der Waals surface area contributed by atoms with Gasteiger partial charge in [-0.05, 0) is 18.8 Å². The highest BCUT2D eigenvalue weighted by molar-refractivity contribution is 6.32. The number of esters is 1. The first-order valence-electron chi connectivity index (χ1n) is 5.54. The summed E-state index contributed by atoms with van der Waals surface area (Å²) in [6.07, 6.45) is 7.49. The zero-order valence-corrected chi connectivity index (χ0v) is 9.63. The Morgan fingerprint density at radius 1 is 1.53 bits per heavy atom. The standard InChI is InChI=1S/C11H15N3O3/c1-17-11(16)10(15)13-6-8-4-9(5-8)14-3-2-12-7-14/h2-3,7-9H,4-6H2,1H3,(H,13,15). The number of nitrogens with zero attached hydrogens (tertiary/aromatic N) is 2. The van der Waals surface area contributed by atoms with Crippen molar-refractivity contribution in [1.29, 1.82) is 0 Å². The molecule has 0 spiro atoms. The maximum Gasteiger partial charge on any atom is 0.396 e. The Morgan fingerprint density at radius 2 is 2.29 bits per heavy atom. The number of carbonyl (C=O) groups excluding carboxylic acids is 2. The molecule has 0 atom stereocenters. The van der Waals surface area contributed by atoms with E-state index in [0.717, 1.165) is 12.8 Å². The number of hydrogen-bond donors (Lipinski definition) is 1. The van der Waals surface area contributed by atoms with Gasteiger partial charge in [0.15, 0.2) is 0 Å². The molecular formula is C11H15N3O3. The van der Waals surface area contributed by atoms with Gasteiger partial charge in [-0.2, -0.15) is 0 Å². The number of amides is 1. The minimum atomic E-state index is -0.838. The van der Waals surface area contributed by atoms with Crippen molar-refractivity contribution >= 4 is 11.9 Å². The molecule has 1 amide bonds. The van der Waals surface area contributed by atoms with E-state index in [1.165, 1.54) is 7.11 Å². The third kappa shape index (κ3) is 2.64. The molecule has 1 fully saturated rings. The average Bonchev–Trinajstić information content (AvgIpc) is 2.79. The number of nitrogens with one attached hydrogen (secondary N) is 1. The monoisotopic (exact) mass is 237 g/mol. The Kier molecular flexibility index (Phi) is 3.41. The van der Waals surface area contributed by atoms with Gasteiger partial charge in [-0.25, -0.2) is 9.78 Å². The first-order valence-corrected chi connectivity index (χ1v) is 5.54. The summed E-state index contributed by atoms with van der Waals surface area (Å²) in [5.41, 5.74) is 0. The Morgan fingerprint density at radius 3 is 2.88 bits per heavy atom. The molecule has 0 aliphatic heterocycles. The van der Waals surface area contributed by atoms with Crippen LogP contribution in [0.3, 0.4) is 0 Å². The lowest BCUT2D eigenvalue weighted by atomic mass is 9.80. The highest BCUT2D eigenvalue weighted by Crippen LogP contribution is 2.36. The van der Waals surface area contributed by atoms with Crippen molar-refractivity contribution in [3.8, 4) is 0 Å². The third-order valence-electron chi connectivity index (χ3n) is 3.08. The summed E-state index contributed by atoms with van der Waals surface area (Å²) >= 11 is 0. The van der Waals surface area contributed by atoms with Crippen LogP contribution in [0.1, 0.15) is 18.9 Å². The van der Waals surface area contributed by atoms with Gasteiger partial charge in [-0.3, -0.25) is 4.79 Å². The van der Waals surface area contributed by atoms with Crippen LogP contribution >= 0.6 is 0 Å². The molecular weight excluding hydrogens is 222 g/mol. The fourth-order valence-electron chi connectivity index (χ4n) is 2.00. The lowest BCUT2D eigenvalue weighted by Crippen LogP contribution is -2.39. The zero-order chi connectivity index (χ0) is 12.3. The van der Waals surface area contributed by atoms with Crippen molar-refractivity contribution in [2.75, 3.05) is 13.7 Å². The van der Waals surface area contributed by atoms with Crippen LogP contribution in [-0.2, 0) is 14.3 Å². The fourth-order valence-corrected chi connectivity index (χ4v) is 2.00. The second-order valence-corrected chi connectivity index (χ2v) is 4.20. The van der Waals surface area contributed by atoms with Gasteiger partial charge in [0.2, 0.25) is 0 Å². The molecule has 17 heavy (non-hydrogen) atoms. The Hall–Kier alpha value is -1.85. The summed E-state index contributed by atoms with van der Waals surface area (Å²) in [6.45, 7) is 0.527. The molecule has 1 N–H and O–H groups in total. The third-order valence-corrected chi connectivity index (χ3v) is 3.08. The molecule has 6 nitrogen and oxygen atoms in total. The highest BCUT2D eigenvalue weighted by Gasteiger charge is 2.30. The van der Waals surface area contributed by atoms with E-state index in [2.05, 4.69) is 19.6 Å². The van der Waals surface area contributed by atoms with Gasteiger partial charge in [0, 0.05) is 25.0 Å².